The summed E-state index contributed by atoms with van der Waals surface area (Å²) in [4.78, 5) is 18.6. The molecule has 0 radical (unpaired) electrons. The van der Waals surface area contributed by atoms with E-state index in [0.717, 1.165) is 36.6 Å². The molecule has 0 aliphatic carbocycles. The second kappa shape index (κ2) is 8.26. The van der Waals surface area contributed by atoms with E-state index in [1.54, 1.807) is 12.3 Å². The van der Waals surface area contributed by atoms with Crippen LogP contribution < -0.4 is 15.0 Å². The van der Waals surface area contributed by atoms with E-state index in [2.05, 4.69) is 19.9 Å². The fourth-order valence-electron chi connectivity index (χ4n) is 2.63. The first-order valence-electron chi connectivity index (χ1n) is 8.32. The van der Waals surface area contributed by atoms with Gasteiger partial charge in [0.15, 0.2) is 0 Å². The molecule has 1 fully saturated rings. The third-order valence-electron chi connectivity index (χ3n) is 3.95. The minimum absolute atomic E-state index is 0.243. The maximum Gasteiger partial charge on any atom is 0.573 e. The average molecular weight is 381 g/mol. The molecule has 0 spiro atoms. The van der Waals surface area contributed by atoms with E-state index < -0.39 is 12.3 Å². The standard InChI is InChI=1S/C18H18F3N3O3/c19-18(20,21)27-15-3-1-14(2-4-15)17(25)23-12-13-5-6-22-16(11-13)24-7-9-26-10-8-24/h1-6,11H,7-10,12H2,(H,23,25). The maximum atomic E-state index is 12.2. The Morgan fingerprint density at radius 1 is 1.19 bits per heavy atom. The Kier molecular flexibility index (Phi) is 5.80. The molecule has 2 aromatic rings. The number of nitrogens with one attached hydrogen (secondary N) is 1. The summed E-state index contributed by atoms with van der Waals surface area (Å²) in [5, 5.41) is 2.74. The van der Waals surface area contributed by atoms with Crippen LogP contribution in [0.2, 0.25) is 0 Å². The molecule has 6 nitrogen and oxygen atoms in total. The van der Waals surface area contributed by atoms with Crippen molar-refractivity contribution < 1.29 is 27.4 Å². The summed E-state index contributed by atoms with van der Waals surface area (Å²) in [7, 11) is 0. The van der Waals surface area contributed by atoms with Crippen LogP contribution in [0.15, 0.2) is 42.6 Å². The number of alkyl halides is 3. The Hall–Kier alpha value is -2.81. The fourth-order valence-corrected chi connectivity index (χ4v) is 2.63. The number of rotatable bonds is 5. The Morgan fingerprint density at radius 3 is 2.56 bits per heavy atom. The Labute approximate surface area is 153 Å². The third kappa shape index (κ3) is 5.58. The quantitative estimate of drug-likeness (QED) is 0.863. The molecule has 3 rings (SSSR count). The van der Waals surface area contributed by atoms with E-state index in [-0.39, 0.29) is 17.9 Å². The number of ether oxygens (including phenoxy) is 2. The smallest absolute Gasteiger partial charge is 0.406 e. The first-order chi connectivity index (χ1) is 12.9. The lowest BCUT2D eigenvalue weighted by Gasteiger charge is -2.28. The zero-order valence-electron chi connectivity index (χ0n) is 14.3. The molecule has 1 saturated heterocycles. The summed E-state index contributed by atoms with van der Waals surface area (Å²) in [6, 6.07) is 8.46. The zero-order chi connectivity index (χ0) is 19.3. The molecule has 9 heteroatoms. The van der Waals surface area contributed by atoms with Gasteiger partial charge in [0.25, 0.3) is 5.91 Å². The van der Waals surface area contributed by atoms with Crippen LogP contribution in [0.25, 0.3) is 0 Å². The number of carbonyl (C=O) groups excluding carboxylic acids is 1. The number of benzene rings is 1. The monoisotopic (exact) mass is 381 g/mol. The van der Waals surface area contributed by atoms with Gasteiger partial charge in [-0.3, -0.25) is 4.79 Å². The average Bonchev–Trinajstić information content (AvgIpc) is 2.66. The molecule has 0 bridgehead atoms. The minimum Gasteiger partial charge on any atom is -0.406 e. The first kappa shape index (κ1) is 19.0. The van der Waals surface area contributed by atoms with Crippen LogP contribution in [0.3, 0.4) is 0 Å². The van der Waals surface area contributed by atoms with Gasteiger partial charge in [0.1, 0.15) is 11.6 Å². The van der Waals surface area contributed by atoms with Gasteiger partial charge in [-0.05, 0) is 42.0 Å². The lowest BCUT2D eigenvalue weighted by molar-refractivity contribution is -0.274. The second-order valence-corrected chi connectivity index (χ2v) is 5.88. The number of anilines is 1. The van der Waals surface area contributed by atoms with Crippen molar-refractivity contribution in [1.82, 2.24) is 10.3 Å². The summed E-state index contributed by atoms with van der Waals surface area (Å²) in [6.45, 7) is 3.09. The highest BCUT2D eigenvalue weighted by atomic mass is 19.4. The first-order valence-corrected chi connectivity index (χ1v) is 8.32. The normalized spacial score (nSPS) is 14.7. The number of amides is 1. The molecule has 1 aliphatic rings. The van der Waals surface area contributed by atoms with E-state index in [1.807, 2.05) is 6.07 Å². The SMILES string of the molecule is O=C(NCc1ccnc(N2CCOCC2)c1)c1ccc(OC(F)(F)F)cc1. The minimum atomic E-state index is -4.76. The molecule has 0 unspecified atom stereocenters. The second-order valence-electron chi connectivity index (χ2n) is 5.88. The molecule has 1 N–H and O–H groups in total. The van der Waals surface area contributed by atoms with Crippen LogP contribution in [-0.4, -0.2) is 43.6 Å². The van der Waals surface area contributed by atoms with Crippen molar-refractivity contribution in [3.8, 4) is 5.75 Å². The van der Waals surface area contributed by atoms with Crippen molar-refractivity contribution in [2.24, 2.45) is 0 Å². The van der Waals surface area contributed by atoms with Crippen molar-refractivity contribution in [2.75, 3.05) is 31.2 Å². The van der Waals surface area contributed by atoms with E-state index in [9.17, 15) is 18.0 Å². The Morgan fingerprint density at radius 2 is 1.89 bits per heavy atom. The number of pyridine rings is 1. The molecular formula is C18H18F3N3O3. The molecule has 144 valence electrons. The van der Waals surface area contributed by atoms with Crippen LogP contribution in [-0.2, 0) is 11.3 Å². The predicted molar refractivity (Wildman–Crippen MR) is 91.6 cm³/mol. The summed E-state index contributed by atoms with van der Waals surface area (Å²) in [5.41, 5.74) is 1.11. The molecule has 27 heavy (non-hydrogen) atoms. The molecule has 0 saturated carbocycles. The number of aromatic nitrogens is 1. The van der Waals surface area contributed by atoms with E-state index in [0.29, 0.717) is 13.2 Å². The van der Waals surface area contributed by atoms with Gasteiger partial charge in [0.2, 0.25) is 0 Å². The summed E-state index contributed by atoms with van der Waals surface area (Å²) in [6.07, 6.45) is -3.08. The number of nitrogens with zero attached hydrogens (tertiary/aromatic N) is 2. The van der Waals surface area contributed by atoms with Gasteiger partial charge in [-0.15, -0.1) is 13.2 Å². The van der Waals surface area contributed by atoms with E-state index in [1.165, 1.54) is 12.1 Å². The number of morpholine rings is 1. The number of hydrogen-bond acceptors (Lipinski definition) is 5. The molecule has 1 aliphatic heterocycles. The van der Waals surface area contributed by atoms with Gasteiger partial charge < -0.3 is 19.7 Å². The van der Waals surface area contributed by atoms with Crippen LogP contribution >= 0.6 is 0 Å². The predicted octanol–water partition coefficient (Wildman–Crippen LogP) is 2.75. The third-order valence-corrected chi connectivity index (χ3v) is 3.95. The summed E-state index contributed by atoms with van der Waals surface area (Å²) >= 11 is 0. The van der Waals surface area contributed by atoms with Crippen molar-refractivity contribution in [3.63, 3.8) is 0 Å². The van der Waals surface area contributed by atoms with Crippen molar-refractivity contribution in [2.45, 2.75) is 12.9 Å². The van der Waals surface area contributed by atoms with Crippen molar-refractivity contribution >= 4 is 11.7 Å². The van der Waals surface area contributed by atoms with E-state index >= 15 is 0 Å². The molecular weight excluding hydrogens is 363 g/mol. The Balaban J connectivity index is 1.57. The van der Waals surface area contributed by atoms with Gasteiger partial charge in [-0.1, -0.05) is 0 Å². The number of halogens is 3. The molecule has 1 aromatic heterocycles. The molecule has 2 heterocycles. The highest BCUT2D eigenvalue weighted by molar-refractivity contribution is 5.94. The highest BCUT2D eigenvalue weighted by Crippen LogP contribution is 2.22. The summed E-state index contributed by atoms with van der Waals surface area (Å²) < 4.78 is 45.6. The van der Waals surface area contributed by atoms with Gasteiger partial charge in [0, 0.05) is 31.4 Å². The highest BCUT2D eigenvalue weighted by Gasteiger charge is 2.31. The van der Waals surface area contributed by atoms with Crippen LogP contribution in [0.1, 0.15) is 15.9 Å². The van der Waals surface area contributed by atoms with Gasteiger partial charge in [0.05, 0.1) is 13.2 Å². The largest absolute Gasteiger partial charge is 0.573 e. The Bertz CT molecular complexity index is 775. The van der Waals surface area contributed by atoms with Gasteiger partial charge in [-0.25, -0.2) is 4.98 Å². The van der Waals surface area contributed by atoms with Crippen molar-refractivity contribution in [3.05, 3.63) is 53.7 Å². The van der Waals surface area contributed by atoms with Crippen LogP contribution in [0.5, 0.6) is 5.75 Å². The molecule has 1 amide bonds. The number of hydrogen-bond donors (Lipinski definition) is 1. The molecule has 0 atom stereocenters. The topological polar surface area (TPSA) is 63.7 Å². The van der Waals surface area contributed by atoms with E-state index in [4.69, 9.17) is 4.74 Å². The van der Waals surface area contributed by atoms with Gasteiger partial charge >= 0.3 is 6.36 Å². The van der Waals surface area contributed by atoms with Crippen LogP contribution in [0, 0.1) is 0 Å². The lowest BCUT2D eigenvalue weighted by Crippen LogP contribution is -2.36. The lowest BCUT2D eigenvalue weighted by atomic mass is 10.2. The zero-order valence-corrected chi connectivity index (χ0v) is 14.3. The van der Waals surface area contributed by atoms with Gasteiger partial charge in [-0.2, -0.15) is 0 Å². The number of carbonyl (C=O) groups is 1. The fraction of sp³-hybridized carbons (Fsp3) is 0.333. The maximum absolute atomic E-state index is 12.2. The van der Waals surface area contributed by atoms with Crippen LogP contribution in [0.4, 0.5) is 19.0 Å². The molecule has 1 aromatic carbocycles. The summed E-state index contributed by atoms with van der Waals surface area (Å²) in [5.74, 6) is 0.0559. The van der Waals surface area contributed by atoms with Crippen molar-refractivity contribution in [1.29, 1.82) is 0 Å².